The van der Waals surface area contributed by atoms with E-state index in [-0.39, 0.29) is 17.9 Å². The molecule has 0 aliphatic rings. The van der Waals surface area contributed by atoms with Crippen molar-refractivity contribution in [3.8, 4) is 0 Å². The van der Waals surface area contributed by atoms with Gasteiger partial charge in [-0.2, -0.15) is 0 Å². The Kier molecular flexibility index (Phi) is 6.71. The Bertz CT molecular complexity index is 714. The number of rotatable bonds is 7. The van der Waals surface area contributed by atoms with Crippen molar-refractivity contribution in [1.29, 1.82) is 0 Å². The number of amides is 2. The molecule has 0 saturated carbocycles. The summed E-state index contributed by atoms with van der Waals surface area (Å²) in [5.74, 6) is -0.220. The number of carbonyl (C=O) groups excluding carboxylic acids is 2. The summed E-state index contributed by atoms with van der Waals surface area (Å²) < 4.78 is 0. The van der Waals surface area contributed by atoms with Gasteiger partial charge in [0.2, 0.25) is 11.8 Å². The van der Waals surface area contributed by atoms with Gasteiger partial charge in [0, 0.05) is 30.9 Å². The Hall–Kier alpha value is -2.66. The highest BCUT2D eigenvalue weighted by atomic mass is 16.2. The van der Waals surface area contributed by atoms with Crippen LogP contribution in [0.4, 0.5) is 11.4 Å². The molecule has 0 bridgehead atoms. The van der Waals surface area contributed by atoms with E-state index in [1.54, 1.807) is 24.3 Å². The first-order chi connectivity index (χ1) is 11.9. The lowest BCUT2D eigenvalue weighted by atomic mass is 10.2. The highest BCUT2D eigenvalue weighted by Gasteiger charge is 2.15. The van der Waals surface area contributed by atoms with Crippen molar-refractivity contribution in [2.45, 2.75) is 33.4 Å². The van der Waals surface area contributed by atoms with Gasteiger partial charge >= 0.3 is 0 Å². The average molecular weight is 339 g/mol. The van der Waals surface area contributed by atoms with E-state index >= 15 is 0 Å². The van der Waals surface area contributed by atoms with E-state index in [0.29, 0.717) is 17.9 Å². The van der Waals surface area contributed by atoms with Gasteiger partial charge in [0.15, 0.2) is 0 Å². The highest BCUT2D eigenvalue weighted by molar-refractivity contribution is 5.94. The van der Waals surface area contributed by atoms with E-state index in [1.807, 2.05) is 18.2 Å². The summed E-state index contributed by atoms with van der Waals surface area (Å²) in [5.41, 5.74) is 2.51. The molecular weight excluding hydrogens is 314 g/mol. The molecule has 0 aliphatic heterocycles. The van der Waals surface area contributed by atoms with Crippen LogP contribution >= 0.6 is 0 Å². The van der Waals surface area contributed by atoms with Gasteiger partial charge in [-0.25, -0.2) is 0 Å². The Morgan fingerprint density at radius 1 is 0.960 bits per heavy atom. The lowest BCUT2D eigenvalue weighted by Crippen LogP contribution is -2.37. The predicted octanol–water partition coefficient (Wildman–Crippen LogP) is 3.49. The molecule has 25 heavy (non-hydrogen) atoms. The molecule has 0 fully saturated rings. The third-order valence-electron chi connectivity index (χ3n) is 3.77. The number of hydrogen-bond acceptors (Lipinski definition) is 3. The van der Waals surface area contributed by atoms with Crippen LogP contribution in [0, 0.1) is 0 Å². The van der Waals surface area contributed by atoms with Crippen LogP contribution in [0.15, 0.2) is 54.6 Å². The van der Waals surface area contributed by atoms with Crippen LogP contribution < -0.4 is 10.6 Å². The molecule has 0 atom stereocenters. The molecule has 5 nitrogen and oxygen atoms in total. The van der Waals surface area contributed by atoms with Gasteiger partial charge in [-0.05, 0) is 37.6 Å². The minimum Gasteiger partial charge on any atom is -0.326 e. The molecule has 2 aromatic carbocycles. The molecule has 132 valence electrons. The first-order valence-electron chi connectivity index (χ1n) is 8.39. The maximum absolute atomic E-state index is 12.4. The van der Waals surface area contributed by atoms with Crippen molar-refractivity contribution in [3.63, 3.8) is 0 Å². The number of hydrogen-bond donors (Lipinski definition) is 2. The van der Waals surface area contributed by atoms with Crippen LogP contribution in [0.25, 0.3) is 0 Å². The van der Waals surface area contributed by atoms with Crippen LogP contribution in [0.3, 0.4) is 0 Å². The van der Waals surface area contributed by atoms with E-state index in [4.69, 9.17) is 0 Å². The molecule has 2 N–H and O–H groups in total. The molecule has 0 radical (unpaired) electrons. The second kappa shape index (κ2) is 8.99. The number of nitrogens with zero attached hydrogens (tertiary/aromatic N) is 1. The third kappa shape index (κ3) is 6.39. The number of benzene rings is 2. The number of carbonyl (C=O) groups is 2. The maximum Gasteiger partial charge on any atom is 0.238 e. The van der Waals surface area contributed by atoms with Crippen molar-refractivity contribution in [2.24, 2.45) is 0 Å². The molecule has 0 aromatic heterocycles. The standard InChI is InChI=1S/C20H25N3O2/c1-15(2)23(13-17-8-5-4-6-9-17)14-20(25)22-19-11-7-10-18(12-19)21-16(3)24/h4-12,15H,13-14H2,1-3H3,(H,21,24)(H,22,25). The minimum atomic E-state index is -0.141. The topological polar surface area (TPSA) is 61.4 Å². The Morgan fingerprint density at radius 2 is 1.60 bits per heavy atom. The van der Waals surface area contributed by atoms with E-state index in [1.165, 1.54) is 12.5 Å². The van der Waals surface area contributed by atoms with E-state index in [9.17, 15) is 9.59 Å². The zero-order valence-electron chi connectivity index (χ0n) is 15.0. The molecule has 0 heterocycles. The highest BCUT2D eigenvalue weighted by Crippen LogP contribution is 2.15. The fraction of sp³-hybridized carbons (Fsp3) is 0.300. The first-order valence-corrected chi connectivity index (χ1v) is 8.39. The van der Waals surface area contributed by atoms with Crippen LogP contribution in [-0.4, -0.2) is 29.3 Å². The van der Waals surface area contributed by atoms with Gasteiger partial charge < -0.3 is 10.6 Å². The van der Waals surface area contributed by atoms with Crippen LogP contribution in [-0.2, 0) is 16.1 Å². The van der Waals surface area contributed by atoms with E-state index in [2.05, 4.69) is 41.5 Å². The lowest BCUT2D eigenvalue weighted by molar-refractivity contribution is -0.118. The predicted molar refractivity (Wildman–Crippen MR) is 101 cm³/mol. The minimum absolute atomic E-state index is 0.0791. The van der Waals surface area contributed by atoms with Crippen LogP contribution in [0.2, 0.25) is 0 Å². The van der Waals surface area contributed by atoms with Gasteiger partial charge in [0.05, 0.1) is 6.54 Å². The fourth-order valence-corrected chi connectivity index (χ4v) is 2.50. The molecule has 0 aliphatic carbocycles. The summed E-state index contributed by atoms with van der Waals surface area (Å²) in [6, 6.07) is 17.5. The molecule has 2 amide bonds. The van der Waals surface area contributed by atoms with Gasteiger partial charge in [-0.15, -0.1) is 0 Å². The third-order valence-corrected chi connectivity index (χ3v) is 3.77. The smallest absolute Gasteiger partial charge is 0.238 e. The van der Waals surface area contributed by atoms with Crippen molar-refractivity contribution in [1.82, 2.24) is 4.90 Å². The molecule has 2 aromatic rings. The summed E-state index contributed by atoms with van der Waals surface area (Å²) >= 11 is 0. The molecule has 5 heteroatoms. The maximum atomic E-state index is 12.4. The van der Waals surface area contributed by atoms with Gasteiger partial charge in [-0.3, -0.25) is 14.5 Å². The van der Waals surface area contributed by atoms with Crippen LogP contribution in [0.1, 0.15) is 26.3 Å². The number of anilines is 2. The quantitative estimate of drug-likeness (QED) is 0.812. The van der Waals surface area contributed by atoms with Crippen molar-refractivity contribution >= 4 is 23.2 Å². The Labute approximate surface area is 149 Å². The fourth-order valence-electron chi connectivity index (χ4n) is 2.50. The Morgan fingerprint density at radius 3 is 2.20 bits per heavy atom. The summed E-state index contributed by atoms with van der Waals surface area (Å²) in [7, 11) is 0. The van der Waals surface area contributed by atoms with Crippen molar-refractivity contribution in [3.05, 3.63) is 60.2 Å². The van der Waals surface area contributed by atoms with Crippen LogP contribution in [0.5, 0.6) is 0 Å². The average Bonchev–Trinajstić information content (AvgIpc) is 2.54. The SMILES string of the molecule is CC(=O)Nc1cccc(NC(=O)CN(Cc2ccccc2)C(C)C)c1. The lowest BCUT2D eigenvalue weighted by Gasteiger charge is -2.26. The monoisotopic (exact) mass is 339 g/mol. The van der Waals surface area contributed by atoms with Gasteiger partial charge in [0.25, 0.3) is 0 Å². The van der Waals surface area contributed by atoms with Gasteiger partial charge in [-0.1, -0.05) is 36.4 Å². The molecule has 0 unspecified atom stereocenters. The molecule has 0 saturated heterocycles. The summed E-state index contributed by atoms with van der Waals surface area (Å²) in [6.45, 7) is 6.63. The number of nitrogens with one attached hydrogen (secondary N) is 2. The van der Waals surface area contributed by atoms with E-state index < -0.39 is 0 Å². The summed E-state index contributed by atoms with van der Waals surface area (Å²) in [5, 5.41) is 5.60. The zero-order chi connectivity index (χ0) is 18.2. The second-order valence-corrected chi connectivity index (χ2v) is 6.29. The Balaban J connectivity index is 1.98. The largest absolute Gasteiger partial charge is 0.326 e. The first kappa shape index (κ1) is 18.7. The molecule has 0 spiro atoms. The van der Waals surface area contributed by atoms with Crippen molar-refractivity contribution in [2.75, 3.05) is 17.2 Å². The molecule has 2 rings (SSSR count). The normalized spacial score (nSPS) is 10.8. The zero-order valence-corrected chi connectivity index (χ0v) is 15.0. The second-order valence-electron chi connectivity index (χ2n) is 6.29. The summed E-state index contributed by atoms with van der Waals surface area (Å²) in [4.78, 5) is 25.7. The molecular formula is C20H25N3O2. The van der Waals surface area contributed by atoms with Crippen molar-refractivity contribution < 1.29 is 9.59 Å². The summed E-state index contributed by atoms with van der Waals surface area (Å²) in [6.07, 6.45) is 0. The van der Waals surface area contributed by atoms with E-state index in [0.717, 1.165) is 6.54 Å². The van der Waals surface area contributed by atoms with Gasteiger partial charge in [0.1, 0.15) is 0 Å².